The number of piperazine rings is 1. The lowest BCUT2D eigenvalue weighted by Crippen LogP contribution is -2.57. The Hall–Kier alpha value is -2.72. The number of hydrogen-bond acceptors (Lipinski definition) is 6. The van der Waals surface area contributed by atoms with Gasteiger partial charge in [-0.15, -0.1) is 11.3 Å². The fraction of sp³-hybridized carbons (Fsp3) is 0.393. The summed E-state index contributed by atoms with van der Waals surface area (Å²) in [5.74, 6) is 0.655. The van der Waals surface area contributed by atoms with Gasteiger partial charge in [0.15, 0.2) is 0 Å². The van der Waals surface area contributed by atoms with Crippen molar-refractivity contribution in [2.45, 2.75) is 37.2 Å². The fourth-order valence-corrected chi connectivity index (χ4v) is 7.88. The van der Waals surface area contributed by atoms with Gasteiger partial charge in [0.25, 0.3) is 0 Å². The number of hydrogen-bond donors (Lipinski definition) is 0. The van der Waals surface area contributed by atoms with Crippen molar-refractivity contribution in [2.24, 2.45) is 0 Å². The Bertz CT molecular complexity index is 1350. The molecule has 1 amide bonds. The molecule has 3 aromatic rings. The highest BCUT2D eigenvalue weighted by molar-refractivity contribution is 7.89. The number of thiophene rings is 1. The van der Waals surface area contributed by atoms with Crippen LogP contribution in [0.4, 0.5) is 0 Å². The van der Waals surface area contributed by atoms with Crippen molar-refractivity contribution < 1.29 is 17.9 Å². The first-order chi connectivity index (χ1) is 17.8. The summed E-state index contributed by atoms with van der Waals surface area (Å²) in [6, 6.07) is 16.9. The van der Waals surface area contributed by atoms with Gasteiger partial charge < -0.3 is 9.64 Å². The van der Waals surface area contributed by atoms with E-state index in [1.54, 1.807) is 42.7 Å². The van der Waals surface area contributed by atoms with E-state index in [1.165, 1.54) is 25.9 Å². The number of rotatable bonds is 6. The predicted octanol–water partition coefficient (Wildman–Crippen LogP) is 3.93. The molecule has 5 rings (SSSR count). The van der Waals surface area contributed by atoms with Gasteiger partial charge >= 0.3 is 0 Å². The standard InChI is InChI=1S/C28H33N3O4S2/c1-20-4-6-22(7-5-20)28-25-13-17-36-26(25)12-14-30(28)19-27(32)29-15-16-31(21(2)18-29)37(33,34)24-10-8-23(35-3)9-11-24/h4-11,13,17,21,28H,12,14-16,18-19H2,1-3H3/t21-,28+/m0/s1. The smallest absolute Gasteiger partial charge is 0.243 e. The molecule has 3 heterocycles. The number of ether oxygens (including phenoxy) is 1. The molecule has 1 fully saturated rings. The second-order valence-corrected chi connectivity index (χ2v) is 12.7. The van der Waals surface area contributed by atoms with Gasteiger partial charge in [-0.1, -0.05) is 29.8 Å². The minimum atomic E-state index is -3.66. The monoisotopic (exact) mass is 539 g/mol. The van der Waals surface area contributed by atoms with Crippen LogP contribution in [0.25, 0.3) is 0 Å². The van der Waals surface area contributed by atoms with Gasteiger partial charge in [0.2, 0.25) is 15.9 Å². The Labute approximate surface area is 223 Å². The number of nitrogens with zero attached hydrogens (tertiary/aromatic N) is 3. The largest absolute Gasteiger partial charge is 0.497 e. The maximum absolute atomic E-state index is 13.5. The molecule has 0 N–H and O–H groups in total. The van der Waals surface area contributed by atoms with Crippen LogP contribution in [0.2, 0.25) is 0 Å². The van der Waals surface area contributed by atoms with E-state index in [0.29, 0.717) is 25.4 Å². The SMILES string of the molecule is COc1ccc(S(=O)(=O)N2CCN(C(=O)CN3CCc4sccc4[C@H]3c3ccc(C)cc3)C[C@@H]2C)cc1. The van der Waals surface area contributed by atoms with Crippen LogP contribution in [0.3, 0.4) is 0 Å². The number of carbonyl (C=O) groups excluding carboxylic acids is 1. The first kappa shape index (κ1) is 25.9. The zero-order chi connectivity index (χ0) is 26.2. The van der Waals surface area contributed by atoms with Crippen LogP contribution in [0.1, 0.15) is 34.5 Å². The van der Waals surface area contributed by atoms with Crippen molar-refractivity contribution in [1.82, 2.24) is 14.1 Å². The highest BCUT2D eigenvalue weighted by Gasteiger charge is 2.37. The minimum Gasteiger partial charge on any atom is -0.497 e. The molecular weight excluding hydrogens is 506 g/mol. The lowest BCUT2D eigenvalue weighted by molar-refractivity contribution is -0.135. The zero-order valence-corrected chi connectivity index (χ0v) is 23.1. The van der Waals surface area contributed by atoms with Crippen LogP contribution in [-0.4, -0.2) is 74.3 Å². The summed E-state index contributed by atoms with van der Waals surface area (Å²) in [6.45, 7) is 6.11. The third-order valence-corrected chi connectivity index (χ3v) is 10.4. The first-order valence-electron chi connectivity index (χ1n) is 12.6. The number of carbonyl (C=O) groups is 1. The molecule has 1 saturated heterocycles. The molecule has 2 aromatic carbocycles. The van der Waals surface area contributed by atoms with Crippen molar-refractivity contribution in [3.05, 3.63) is 81.5 Å². The first-order valence-corrected chi connectivity index (χ1v) is 14.9. The van der Waals surface area contributed by atoms with E-state index in [2.05, 4.69) is 47.5 Å². The maximum atomic E-state index is 13.5. The second kappa shape index (κ2) is 10.6. The fourth-order valence-electron chi connectivity index (χ4n) is 5.36. The molecule has 0 bridgehead atoms. The van der Waals surface area contributed by atoms with E-state index in [-0.39, 0.29) is 29.4 Å². The Morgan fingerprint density at radius 3 is 2.43 bits per heavy atom. The number of fused-ring (bicyclic) bond motifs is 1. The summed E-state index contributed by atoms with van der Waals surface area (Å²) >= 11 is 1.79. The number of amides is 1. The number of sulfonamides is 1. The molecule has 2 aliphatic heterocycles. The number of benzene rings is 2. The third-order valence-electron chi connectivity index (χ3n) is 7.38. The van der Waals surface area contributed by atoms with Crippen LogP contribution in [0.15, 0.2) is 64.9 Å². The summed E-state index contributed by atoms with van der Waals surface area (Å²) in [4.78, 5) is 19.2. The van der Waals surface area contributed by atoms with Gasteiger partial charge in [-0.3, -0.25) is 9.69 Å². The quantitative estimate of drug-likeness (QED) is 0.475. The Balaban J connectivity index is 1.29. The van der Waals surface area contributed by atoms with E-state index in [4.69, 9.17) is 4.74 Å². The average Bonchev–Trinajstić information content (AvgIpc) is 3.38. The molecule has 9 heteroatoms. The summed E-state index contributed by atoms with van der Waals surface area (Å²) in [7, 11) is -2.11. The van der Waals surface area contributed by atoms with Crippen molar-refractivity contribution in [1.29, 1.82) is 0 Å². The minimum absolute atomic E-state index is 0.0455. The Kier molecular flexibility index (Phi) is 7.40. The van der Waals surface area contributed by atoms with Crippen LogP contribution in [-0.2, 0) is 21.2 Å². The molecule has 1 aromatic heterocycles. The highest BCUT2D eigenvalue weighted by atomic mass is 32.2. The summed E-state index contributed by atoms with van der Waals surface area (Å²) in [6.07, 6.45) is 0.937. The van der Waals surface area contributed by atoms with Crippen molar-refractivity contribution in [2.75, 3.05) is 39.8 Å². The molecule has 2 aliphatic rings. The molecule has 196 valence electrons. The van der Waals surface area contributed by atoms with Crippen LogP contribution >= 0.6 is 11.3 Å². The molecular formula is C28H33N3O4S2. The van der Waals surface area contributed by atoms with Gasteiger partial charge in [0, 0.05) is 37.1 Å². The highest BCUT2D eigenvalue weighted by Crippen LogP contribution is 2.37. The van der Waals surface area contributed by atoms with Crippen LogP contribution in [0.5, 0.6) is 5.75 Å². The van der Waals surface area contributed by atoms with Crippen molar-refractivity contribution in [3.8, 4) is 5.75 Å². The summed E-state index contributed by atoms with van der Waals surface area (Å²) in [5, 5.41) is 2.14. The molecule has 0 spiro atoms. The molecule has 0 unspecified atom stereocenters. The van der Waals surface area contributed by atoms with E-state index in [0.717, 1.165) is 13.0 Å². The summed E-state index contributed by atoms with van der Waals surface area (Å²) < 4.78 is 33.2. The van der Waals surface area contributed by atoms with E-state index in [9.17, 15) is 13.2 Å². The van der Waals surface area contributed by atoms with Crippen molar-refractivity contribution in [3.63, 3.8) is 0 Å². The lowest BCUT2D eigenvalue weighted by Gasteiger charge is -2.41. The van der Waals surface area contributed by atoms with Crippen molar-refractivity contribution >= 4 is 27.3 Å². The van der Waals surface area contributed by atoms with Gasteiger partial charge in [0.05, 0.1) is 24.6 Å². The molecule has 37 heavy (non-hydrogen) atoms. The molecule has 2 atom stereocenters. The van der Waals surface area contributed by atoms with Gasteiger partial charge in [-0.25, -0.2) is 8.42 Å². The van der Waals surface area contributed by atoms with E-state index in [1.807, 2.05) is 11.8 Å². The van der Waals surface area contributed by atoms with Crippen LogP contribution in [0, 0.1) is 6.92 Å². The second-order valence-electron chi connectivity index (χ2n) is 9.81. The number of methoxy groups -OCH3 is 1. The Morgan fingerprint density at radius 2 is 1.76 bits per heavy atom. The van der Waals surface area contributed by atoms with E-state index >= 15 is 0 Å². The molecule has 0 radical (unpaired) electrons. The maximum Gasteiger partial charge on any atom is 0.243 e. The lowest BCUT2D eigenvalue weighted by atomic mass is 9.92. The molecule has 0 aliphatic carbocycles. The Morgan fingerprint density at radius 1 is 1.03 bits per heavy atom. The third kappa shape index (κ3) is 5.18. The number of aryl methyl sites for hydroxylation is 1. The van der Waals surface area contributed by atoms with Gasteiger partial charge in [-0.2, -0.15) is 4.31 Å². The summed E-state index contributed by atoms with van der Waals surface area (Å²) in [5.41, 5.74) is 3.70. The predicted molar refractivity (Wildman–Crippen MR) is 146 cm³/mol. The molecule has 0 saturated carbocycles. The van der Waals surface area contributed by atoms with Gasteiger partial charge in [-0.05, 0) is 67.1 Å². The molecule has 7 nitrogen and oxygen atoms in total. The zero-order valence-electron chi connectivity index (χ0n) is 21.5. The van der Waals surface area contributed by atoms with E-state index < -0.39 is 10.0 Å². The van der Waals surface area contributed by atoms with Gasteiger partial charge in [0.1, 0.15) is 5.75 Å². The van der Waals surface area contributed by atoms with Crippen LogP contribution < -0.4 is 4.74 Å². The average molecular weight is 540 g/mol. The normalized spacial score (nSPS) is 21.0. The topological polar surface area (TPSA) is 70.2 Å².